The molecule has 3 heteroatoms. The fraction of sp³-hybridized carbons (Fsp3) is 0.667. The van der Waals surface area contributed by atoms with Crippen LogP contribution in [0.1, 0.15) is 30.4 Å². The minimum absolute atomic E-state index is 0.805. The van der Waals surface area contributed by atoms with Gasteiger partial charge in [0.25, 0.3) is 0 Å². The maximum atomic E-state index is 5.87. The lowest BCUT2D eigenvalue weighted by molar-refractivity contribution is 0.218. The Hall–Kier alpha value is -1.06. The van der Waals surface area contributed by atoms with Crippen LogP contribution in [0.5, 0.6) is 5.75 Å². The highest BCUT2D eigenvalue weighted by atomic mass is 16.5. The van der Waals surface area contributed by atoms with Crippen LogP contribution in [0.25, 0.3) is 0 Å². The van der Waals surface area contributed by atoms with Crippen molar-refractivity contribution < 1.29 is 4.74 Å². The number of aryl methyl sites for hydroxylation is 2. The summed E-state index contributed by atoms with van der Waals surface area (Å²) in [6, 6.07) is 6.41. The van der Waals surface area contributed by atoms with Gasteiger partial charge in [0.05, 0.1) is 6.61 Å². The van der Waals surface area contributed by atoms with E-state index in [9.17, 15) is 0 Å². The van der Waals surface area contributed by atoms with Crippen LogP contribution >= 0.6 is 0 Å². The molecule has 21 heavy (non-hydrogen) atoms. The molecule has 0 saturated carbocycles. The molecule has 1 aliphatic rings. The van der Waals surface area contributed by atoms with Crippen LogP contribution in [-0.2, 0) is 0 Å². The first-order chi connectivity index (χ1) is 10.1. The maximum Gasteiger partial charge on any atom is 0.119 e. The van der Waals surface area contributed by atoms with Gasteiger partial charge in [0, 0.05) is 13.1 Å². The Balaban J connectivity index is 1.62. The molecule has 0 radical (unpaired) electrons. The standard InChI is InChI=1S/C18H30N2O/c1-15-11-16(2)13-18(12-15)21-10-4-9-20(3)14-17-5-7-19-8-6-17/h11-13,17,19H,4-10,14H2,1-3H3. The molecule has 1 N–H and O–H groups in total. The van der Waals surface area contributed by atoms with Gasteiger partial charge in [-0.25, -0.2) is 0 Å². The summed E-state index contributed by atoms with van der Waals surface area (Å²) in [6.45, 7) is 9.77. The predicted octanol–water partition coefficient (Wildman–Crippen LogP) is 3.00. The van der Waals surface area contributed by atoms with Gasteiger partial charge in [-0.1, -0.05) is 6.07 Å². The molecule has 0 amide bonds. The largest absolute Gasteiger partial charge is 0.494 e. The van der Waals surface area contributed by atoms with Crippen molar-refractivity contribution in [2.45, 2.75) is 33.1 Å². The Labute approximate surface area is 129 Å². The molecule has 0 aliphatic carbocycles. The maximum absolute atomic E-state index is 5.87. The molecule has 1 heterocycles. The topological polar surface area (TPSA) is 24.5 Å². The van der Waals surface area contributed by atoms with Gasteiger partial charge >= 0.3 is 0 Å². The van der Waals surface area contributed by atoms with E-state index in [-0.39, 0.29) is 0 Å². The Morgan fingerprint density at radius 1 is 1.14 bits per heavy atom. The summed E-state index contributed by atoms with van der Waals surface area (Å²) in [5.41, 5.74) is 2.54. The minimum atomic E-state index is 0.805. The van der Waals surface area contributed by atoms with E-state index in [1.165, 1.54) is 43.6 Å². The van der Waals surface area contributed by atoms with Crippen LogP contribution in [0.4, 0.5) is 0 Å². The lowest BCUT2D eigenvalue weighted by Gasteiger charge is -2.27. The fourth-order valence-electron chi connectivity index (χ4n) is 3.14. The number of ether oxygens (including phenoxy) is 1. The summed E-state index contributed by atoms with van der Waals surface area (Å²) < 4.78 is 5.87. The average molecular weight is 290 g/mol. The van der Waals surface area contributed by atoms with E-state index in [1.807, 2.05) is 0 Å². The van der Waals surface area contributed by atoms with Crippen molar-refractivity contribution in [1.29, 1.82) is 0 Å². The zero-order valence-electron chi connectivity index (χ0n) is 13.8. The third-order valence-electron chi connectivity index (χ3n) is 4.18. The number of piperidine rings is 1. The van der Waals surface area contributed by atoms with Crippen LogP contribution in [0.2, 0.25) is 0 Å². The Morgan fingerprint density at radius 3 is 2.48 bits per heavy atom. The smallest absolute Gasteiger partial charge is 0.119 e. The number of hydrogen-bond donors (Lipinski definition) is 1. The first-order valence-corrected chi connectivity index (χ1v) is 8.24. The van der Waals surface area contributed by atoms with Gasteiger partial charge in [-0.05, 0) is 82.4 Å². The van der Waals surface area contributed by atoms with Crippen LogP contribution in [0, 0.1) is 19.8 Å². The van der Waals surface area contributed by atoms with E-state index in [1.54, 1.807) is 0 Å². The second-order valence-electron chi connectivity index (χ2n) is 6.48. The second kappa shape index (κ2) is 8.40. The van der Waals surface area contributed by atoms with Crippen molar-refractivity contribution in [3.8, 4) is 5.75 Å². The molecule has 118 valence electrons. The lowest BCUT2D eigenvalue weighted by Crippen LogP contribution is -2.35. The van der Waals surface area contributed by atoms with Crippen LogP contribution in [-0.4, -0.2) is 44.7 Å². The molecule has 1 fully saturated rings. The molecule has 1 saturated heterocycles. The third-order valence-corrected chi connectivity index (χ3v) is 4.18. The normalized spacial score (nSPS) is 16.4. The number of hydrogen-bond acceptors (Lipinski definition) is 3. The average Bonchev–Trinajstić information content (AvgIpc) is 2.44. The summed E-state index contributed by atoms with van der Waals surface area (Å²) in [6.07, 6.45) is 3.74. The molecule has 3 nitrogen and oxygen atoms in total. The van der Waals surface area contributed by atoms with E-state index in [4.69, 9.17) is 4.74 Å². The van der Waals surface area contributed by atoms with Crippen LogP contribution in [0.3, 0.4) is 0 Å². The molecular formula is C18H30N2O. The Kier molecular flexibility index (Phi) is 6.52. The monoisotopic (exact) mass is 290 g/mol. The van der Waals surface area contributed by atoms with E-state index in [0.29, 0.717) is 0 Å². The summed E-state index contributed by atoms with van der Waals surface area (Å²) in [5.74, 6) is 1.88. The van der Waals surface area contributed by atoms with Crippen molar-refractivity contribution in [3.63, 3.8) is 0 Å². The molecule has 0 spiro atoms. The highest BCUT2D eigenvalue weighted by Crippen LogP contribution is 2.16. The summed E-state index contributed by atoms with van der Waals surface area (Å²) >= 11 is 0. The summed E-state index contributed by atoms with van der Waals surface area (Å²) in [5, 5.41) is 3.43. The number of nitrogens with zero attached hydrogens (tertiary/aromatic N) is 1. The van der Waals surface area contributed by atoms with Crippen molar-refractivity contribution in [2.75, 3.05) is 39.8 Å². The first kappa shape index (κ1) is 16.3. The first-order valence-electron chi connectivity index (χ1n) is 8.24. The Bertz CT molecular complexity index is 407. The zero-order chi connectivity index (χ0) is 15.1. The van der Waals surface area contributed by atoms with Gasteiger partial charge < -0.3 is 15.0 Å². The second-order valence-corrected chi connectivity index (χ2v) is 6.48. The highest BCUT2D eigenvalue weighted by Gasteiger charge is 2.14. The molecule has 0 bridgehead atoms. The molecule has 2 rings (SSSR count). The summed E-state index contributed by atoms with van der Waals surface area (Å²) in [4.78, 5) is 2.46. The number of benzene rings is 1. The minimum Gasteiger partial charge on any atom is -0.494 e. The van der Waals surface area contributed by atoms with Gasteiger partial charge in [-0.2, -0.15) is 0 Å². The van der Waals surface area contributed by atoms with Crippen molar-refractivity contribution in [2.24, 2.45) is 5.92 Å². The predicted molar refractivity (Wildman–Crippen MR) is 89.1 cm³/mol. The van der Waals surface area contributed by atoms with E-state index in [2.05, 4.69) is 49.3 Å². The highest BCUT2D eigenvalue weighted by molar-refractivity contribution is 5.32. The van der Waals surface area contributed by atoms with Crippen molar-refractivity contribution in [1.82, 2.24) is 10.2 Å². The quantitative estimate of drug-likeness (QED) is 0.781. The third kappa shape index (κ3) is 6.06. The van der Waals surface area contributed by atoms with E-state index < -0.39 is 0 Å². The van der Waals surface area contributed by atoms with Crippen LogP contribution in [0.15, 0.2) is 18.2 Å². The number of rotatable bonds is 7. The fourth-order valence-corrected chi connectivity index (χ4v) is 3.14. The Morgan fingerprint density at radius 2 is 1.81 bits per heavy atom. The van der Waals surface area contributed by atoms with E-state index >= 15 is 0 Å². The number of nitrogens with one attached hydrogen (secondary N) is 1. The van der Waals surface area contributed by atoms with Gasteiger partial charge in [-0.15, -0.1) is 0 Å². The molecule has 0 unspecified atom stereocenters. The van der Waals surface area contributed by atoms with Gasteiger partial charge in [0.15, 0.2) is 0 Å². The molecule has 0 atom stereocenters. The molecule has 1 aliphatic heterocycles. The molecular weight excluding hydrogens is 260 g/mol. The lowest BCUT2D eigenvalue weighted by atomic mass is 9.98. The molecule has 1 aromatic rings. The van der Waals surface area contributed by atoms with Gasteiger partial charge in [0.2, 0.25) is 0 Å². The van der Waals surface area contributed by atoms with Gasteiger partial charge in [-0.3, -0.25) is 0 Å². The van der Waals surface area contributed by atoms with Crippen molar-refractivity contribution in [3.05, 3.63) is 29.3 Å². The molecule has 1 aromatic carbocycles. The van der Waals surface area contributed by atoms with Gasteiger partial charge in [0.1, 0.15) is 5.75 Å². The zero-order valence-corrected chi connectivity index (χ0v) is 13.8. The van der Waals surface area contributed by atoms with E-state index in [0.717, 1.165) is 31.2 Å². The summed E-state index contributed by atoms with van der Waals surface area (Å²) in [7, 11) is 2.23. The van der Waals surface area contributed by atoms with Crippen LogP contribution < -0.4 is 10.1 Å². The molecule has 0 aromatic heterocycles. The SMILES string of the molecule is Cc1cc(C)cc(OCCCN(C)CC2CCNCC2)c1. The van der Waals surface area contributed by atoms with Crippen molar-refractivity contribution >= 4 is 0 Å².